The van der Waals surface area contributed by atoms with Crippen LogP contribution in [0.4, 0.5) is 4.79 Å². The van der Waals surface area contributed by atoms with Gasteiger partial charge in [-0.05, 0) is 27.7 Å². The van der Waals surface area contributed by atoms with Crippen molar-refractivity contribution in [3.63, 3.8) is 0 Å². The van der Waals surface area contributed by atoms with Crippen molar-refractivity contribution in [1.29, 1.82) is 0 Å². The van der Waals surface area contributed by atoms with Gasteiger partial charge in [0.25, 0.3) is 0 Å². The van der Waals surface area contributed by atoms with Gasteiger partial charge >= 0.3 is 12.1 Å². The molecule has 0 saturated heterocycles. The van der Waals surface area contributed by atoms with Crippen LogP contribution in [0.1, 0.15) is 50.1 Å². The molecule has 0 aliphatic heterocycles. The van der Waals surface area contributed by atoms with Crippen LogP contribution in [0.2, 0.25) is 0 Å². The summed E-state index contributed by atoms with van der Waals surface area (Å²) in [5.74, 6) is -0.397. The van der Waals surface area contributed by atoms with Gasteiger partial charge in [0.2, 0.25) is 5.89 Å². The molecule has 0 bridgehead atoms. The van der Waals surface area contributed by atoms with Crippen molar-refractivity contribution in [3.8, 4) is 0 Å². The molecule has 1 unspecified atom stereocenters. The highest BCUT2D eigenvalue weighted by Crippen LogP contribution is 2.14. The number of esters is 1. The summed E-state index contributed by atoms with van der Waals surface area (Å²) in [4.78, 5) is 26.7. The van der Waals surface area contributed by atoms with E-state index < -0.39 is 23.7 Å². The second-order valence-electron chi connectivity index (χ2n) is 4.93. The number of oxazole rings is 1. The zero-order valence-corrected chi connectivity index (χ0v) is 11.6. The number of rotatable bonds is 3. The lowest BCUT2D eigenvalue weighted by Gasteiger charge is -2.20. The summed E-state index contributed by atoms with van der Waals surface area (Å²) in [5, 5.41) is 2.55. The van der Waals surface area contributed by atoms with E-state index in [1.807, 2.05) is 0 Å². The molecule has 1 amide bonds. The number of hydrogen-bond donors (Lipinski definition) is 1. The van der Waals surface area contributed by atoms with Gasteiger partial charge in [0, 0.05) is 0 Å². The number of carbonyl (C=O) groups excluding carboxylic acids is 2. The summed E-state index contributed by atoms with van der Waals surface area (Å²) in [7, 11) is 1.25. The number of nitrogens with zero attached hydrogens (tertiary/aromatic N) is 1. The van der Waals surface area contributed by atoms with E-state index in [0.29, 0.717) is 0 Å². The quantitative estimate of drug-likeness (QED) is 0.845. The Bertz CT molecular complexity index is 461. The minimum Gasteiger partial charge on any atom is -0.464 e. The van der Waals surface area contributed by atoms with Crippen LogP contribution in [-0.2, 0) is 9.47 Å². The SMILES string of the molecule is COC(=O)c1coc(C(C)NC(=O)OC(C)(C)C)n1. The normalized spacial score (nSPS) is 12.7. The van der Waals surface area contributed by atoms with Gasteiger partial charge in [-0.15, -0.1) is 0 Å². The number of aromatic nitrogens is 1. The summed E-state index contributed by atoms with van der Waals surface area (Å²) in [6.07, 6.45) is 0.590. The highest BCUT2D eigenvalue weighted by Gasteiger charge is 2.21. The molecule has 106 valence electrons. The molecular weight excluding hydrogens is 252 g/mol. The van der Waals surface area contributed by atoms with E-state index in [1.165, 1.54) is 13.4 Å². The Morgan fingerprint density at radius 1 is 1.42 bits per heavy atom. The van der Waals surface area contributed by atoms with Crippen LogP contribution in [0.15, 0.2) is 10.7 Å². The second-order valence-corrected chi connectivity index (χ2v) is 4.93. The third-order valence-corrected chi connectivity index (χ3v) is 2.02. The first-order chi connectivity index (χ1) is 8.73. The topological polar surface area (TPSA) is 90.7 Å². The van der Waals surface area contributed by atoms with Crippen molar-refractivity contribution in [2.75, 3.05) is 7.11 Å². The summed E-state index contributed by atoms with van der Waals surface area (Å²) in [5.41, 5.74) is -0.535. The maximum absolute atomic E-state index is 11.5. The lowest BCUT2D eigenvalue weighted by Crippen LogP contribution is -2.34. The predicted octanol–water partition coefficient (Wildman–Crippen LogP) is 2.05. The largest absolute Gasteiger partial charge is 0.464 e. The molecule has 0 saturated carbocycles. The van der Waals surface area contributed by atoms with Crippen molar-refractivity contribution in [3.05, 3.63) is 17.8 Å². The standard InChI is InChI=1S/C12H18N2O5/c1-7(13-11(16)19-12(2,3)4)9-14-8(6-18-9)10(15)17-5/h6-7H,1-5H3,(H,13,16). The first-order valence-electron chi connectivity index (χ1n) is 5.76. The monoisotopic (exact) mass is 270 g/mol. The number of methoxy groups -OCH3 is 1. The van der Waals surface area contributed by atoms with Crippen molar-refractivity contribution in [2.45, 2.75) is 39.3 Å². The van der Waals surface area contributed by atoms with E-state index in [9.17, 15) is 9.59 Å². The maximum Gasteiger partial charge on any atom is 0.408 e. The molecule has 1 N–H and O–H groups in total. The number of nitrogens with one attached hydrogen (secondary N) is 1. The molecule has 0 aliphatic rings. The van der Waals surface area contributed by atoms with Crippen molar-refractivity contribution < 1.29 is 23.5 Å². The molecule has 1 heterocycles. The Labute approximate surface area is 111 Å². The molecule has 19 heavy (non-hydrogen) atoms. The molecule has 0 radical (unpaired) electrons. The van der Waals surface area contributed by atoms with Gasteiger partial charge in [0.1, 0.15) is 17.9 Å². The van der Waals surface area contributed by atoms with Crippen LogP contribution in [0.25, 0.3) is 0 Å². The number of amides is 1. The lowest BCUT2D eigenvalue weighted by atomic mass is 10.2. The molecule has 1 aromatic rings. The summed E-state index contributed by atoms with van der Waals surface area (Å²) in [6, 6.07) is -0.520. The molecule has 1 atom stereocenters. The van der Waals surface area contributed by atoms with Gasteiger partial charge in [-0.1, -0.05) is 0 Å². The number of hydrogen-bond acceptors (Lipinski definition) is 6. The zero-order chi connectivity index (χ0) is 14.6. The molecule has 0 fully saturated rings. The fraction of sp³-hybridized carbons (Fsp3) is 0.583. The van der Waals surface area contributed by atoms with Crippen LogP contribution >= 0.6 is 0 Å². The Hall–Kier alpha value is -2.05. The van der Waals surface area contributed by atoms with Crippen molar-refractivity contribution in [2.24, 2.45) is 0 Å². The molecular formula is C12H18N2O5. The molecule has 7 heteroatoms. The van der Waals surface area contributed by atoms with Crippen LogP contribution in [0, 0.1) is 0 Å². The van der Waals surface area contributed by atoms with Crippen LogP contribution in [0.5, 0.6) is 0 Å². The van der Waals surface area contributed by atoms with Crippen LogP contribution < -0.4 is 5.32 Å². The van der Waals surface area contributed by atoms with Crippen LogP contribution in [-0.4, -0.2) is 29.8 Å². The van der Waals surface area contributed by atoms with Crippen LogP contribution in [0.3, 0.4) is 0 Å². The highest BCUT2D eigenvalue weighted by atomic mass is 16.6. The summed E-state index contributed by atoms with van der Waals surface area (Å²) < 4.78 is 14.7. The predicted molar refractivity (Wildman–Crippen MR) is 65.6 cm³/mol. The van der Waals surface area contributed by atoms with Gasteiger partial charge in [-0.2, -0.15) is 0 Å². The van der Waals surface area contributed by atoms with E-state index in [0.717, 1.165) is 0 Å². The fourth-order valence-corrected chi connectivity index (χ4v) is 1.23. The minimum absolute atomic E-state index is 0.0512. The van der Waals surface area contributed by atoms with E-state index in [4.69, 9.17) is 9.15 Å². The van der Waals surface area contributed by atoms with Gasteiger partial charge in [-0.3, -0.25) is 0 Å². The molecule has 1 aromatic heterocycles. The van der Waals surface area contributed by atoms with Crippen molar-refractivity contribution >= 4 is 12.1 Å². The Morgan fingerprint density at radius 3 is 2.58 bits per heavy atom. The molecule has 1 rings (SSSR count). The average Bonchev–Trinajstić information content (AvgIpc) is 2.74. The minimum atomic E-state index is -0.598. The Morgan fingerprint density at radius 2 is 2.05 bits per heavy atom. The number of ether oxygens (including phenoxy) is 2. The zero-order valence-electron chi connectivity index (χ0n) is 11.6. The smallest absolute Gasteiger partial charge is 0.408 e. The Balaban J connectivity index is 2.63. The molecule has 0 spiro atoms. The Kier molecular flexibility index (Phi) is 4.52. The maximum atomic E-state index is 11.5. The average molecular weight is 270 g/mol. The van der Waals surface area contributed by atoms with E-state index in [-0.39, 0.29) is 11.6 Å². The number of carbonyl (C=O) groups is 2. The third-order valence-electron chi connectivity index (χ3n) is 2.02. The van der Waals surface area contributed by atoms with Gasteiger partial charge < -0.3 is 19.2 Å². The first kappa shape index (κ1) is 15.0. The van der Waals surface area contributed by atoms with E-state index >= 15 is 0 Å². The highest BCUT2D eigenvalue weighted by molar-refractivity contribution is 5.86. The van der Waals surface area contributed by atoms with Crippen molar-refractivity contribution in [1.82, 2.24) is 10.3 Å². The fourth-order valence-electron chi connectivity index (χ4n) is 1.23. The summed E-state index contributed by atoms with van der Waals surface area (Å²) >= 11 is 0. The molecule has 7 nitrogen and oxygen atoms in total. The number of alkyl carbamates (subject to hydrolysis) is 1. The van der Waals surface area contributed by atoms with Gasteiger partial charge in [-0.25, -0.2) is 14.6 Å². The first-order valence-corrected chi connectivity index (χ1v) is 5.76. The van der Waals surface area contributed by atoms with Gasteiger partial charge in [0.15, 0.2) is 5.69 Å². The van der Waals surface area contributed by atoms with Gasteiger partial charge in [0.05, 0.1) is 7.11 Å². The molecule has 0 aliphatic carbocycles. The van der Waals surface area contributed by atoms with E-state index in [2.05, 4.69) is 15.0 Å². The second kappa shape index (κ2) is 5.73. The third kappa shape index (κ3) is 4.61. The lowest BCUT2D eigenvalue weighted by molar-refractivity contribution is 0.0500. The summed E-state index contributed by atoms with van der Waals surface area (Å²) in [6.45, 7) is 6.95. The molecule has 0 aromatic carbocycles. The van der Waals surface area contributed by atoms with E-state index in [1.54, 1.807) is 27.7 Å².